The molecule has 1 atom stereocenters. The molecule has 1 unspecified atom stereocenters. The molecule has 3 rings (SSSR count). The molecule has 0 saturated carbocycles. The van der Waals surface area contributed by atoms with Crippen molar-refractivity contribution in [1.29, 1.82) is 0 Å². The smallest absolute Gasteiger partial charge is 0.238 e. The van der Waals surface area contributed by atoms with E-state index in [0.717, 1.165) is 36.6 Å². The second-order valence-corrected chi connectivity index (χ2v) is 6.19. The quantitative estimate of drug-likeness (QED) is 0.875. The molecule has 1 heterocycles. The summed E-state index contributed by atoms with van der Waals surface area (Å²) in [5.41, 5.74) is 1.95. The van der Waals surface area contributed by atoms with Crippen molar-refractivity contribution in [2.45, 2.75) is 18.9 Å². The van der Waals surface area contributed by atoms with Crippen LogP contribution in [0.5, 0.6) is 11.5 Å². The molecular weight excluding hydrogens is 316 g/mol. The van der Waals surface area contributed by atoms with Crippen LogP contribution >= 0.6 is 0 Å². The molecule has 25 heavy (non-hydrogen) atoms. The first-order valence-corrected chi connectivity index (χ1v) is 8.51. The van der Waals surface area contributed by atoms with E-state index in [0.29, 0.717) is 6.54 Å². The largest absolute Gasteiger partial charge is 0.497 e. The van der Waals surface area contributed by atoms with Gasteiger partial charge in [-0.05, 0) is 49.2 Å². The summed E-state index contributed by atoms with van der Waals surface area (Å²) in [6.45, 7) is 1.30. The van der Waals surface area contributed by atoms with E-state index in [4.69, 9.17) is 9.47 Å². The molecule has 0 bridgehead atoms. The number of carbonyl (C=O) groups excluding carboxylic acids is 1. The fourth-order valence-electron chi connectivity index (χ4n) is 3.33. The fraction of sp³-hybridized carbons (Fsp3) is 0.350. The van der Waals surface area contributed by atoms with Crippen LogP contribution in [0, 0.1) is 0 Å². The van der Waals surface area contributed by atoms with Gasteiger partial charge in [0.1, 0.15) is 11.5 Å². The van der Waals surface area contributed by atoms with Crippen LogP contribution < -0.4 is 14.8 Å². The van der Waals surface area contributed by atoms with E-state index in [1.807, 2.05) is 36.4 Å². The number of likely N-dealkylation sites (tertiary alicyclic amines) is 1. The molecule has 1 aliphatic rings. The highest BCUT2D eigenvalue weighted by Gasteiger charge is 2.27. The number of nitrogens with one attached hydrogen (secondary N) is 1. The molecule has 2 aromatic rings. The van der Waals surface area contributed by atoms with Crippen LogP contribution in [0.25, 0.3) is 0 Å². The first kappa shape index (κ1) is 17.3. The number of carbonyl (C=O) groups is 1. The number of amides is 1. The molecule has 5 heteroatoms. The molecule has 1 N–H and O–H groups in total. The van der Waals surface area contributed by atoms with Gasteiger partial charge in [-0.15, -0.1) is 0 Å². The zero-order valence-electron chi connectivity index (χ0n) is 14.7. The Labute approximate surface area is 148 Å². The average molecular weight is 340 g/mol. The molecule has 0 aromatic heterocycles. The van der Waals surface area contributed by atoms with Gasteiger partial charge >= 0.3 is 0 Å². The van der Waals surface area contributed by atoms with Crippen molar-refractivity contribution in [3.63, 3.8) is 0 Å². The summed E-state index contributed by atoms with van der Waals surface area (Å²) < 4.78 is 10.5. The van der Waals surface area contributed by atoms with Gasteiger partial charge in [0, 0.05) is 17.8 Å². The van der Waals surface area contributed by atoms with Crippen LogP contribution in [0.3, 0.4) is 0 Å². The van der Waals surface area contributed by atoms with Crippen LogP contribution in [0.2, 0.25) is 0 Å². The van der Waals surface area contributed by atoms with Gasteiger partial charge in [-0.3, -0.25) is 9.69 Å². The number of hydrogen-bond acceptors (Lipinski definition) is 4. The lowest BCUT2D eigenvalue weighted by atomic mass is 10.0. The zero-order chi connectivity index (χ0) is 17.6. The number of ether oxygens (including phenoxy) is 2. The molecule has 0 radical (unpaired) electrons. The van der Waals surface area contributed by atoms with E-state index < -0.39 is 0 Å². The first-order chi connectivity index (χ1) is 12.2. The number of rotatable bonds is 6. The Hall–Kier alpha value is -2.53. The van der Waals surface area contributed by atoms with Crippen molar-refractivity contribution in [2.24, 2.45) is 0 Å². The van der Waals surface area contributed by atoms with Gasteiger partial charge in [0.25, 0.3) is 0 Å². The Morgan fingerprint density at radius 2 is 1.84 bits per heavy atom. The Balaban J connectivity index is 1.65. The maximum Gasteiger partial charge on any atom is 0.238 e. The molecule has 2 aromatic carbocycles. The Morgan fingerprint density at radius 1 is 1.12 bits per heavy atom. The van der Waals surface area contributed by atoms with Crippen molar-refractivity contribution in [3.8, 4) is 11.5 Å². The summed E-state index contributed by atoms with van der Waals surface area (Å²) in [6, 6.07) is 15.8. The van der Waals surface area contributed by atoms with Crippen molar-refractivity contribution >= 4 is 11.6 Å². The molecule has 5 nitrogen and oxygen atoms in total. The molecule has 132 valence electrons. The fourth-order valence-corrected chi connectivity index (χ4v) is 3.33. The average Bonchev–Trinajstić information content (AvgIpc) is 3.09. The van der Waals surface area contributed by atoms with Gasteiger partial charge < -0.3 is 14.8 Å². The lowest BCUT2D eigenvalue weighted by molar-refractivity contribution is -0.117. The van der Waals surface area contributed by atoms with E-state index in [1.54, 1.807) is 14.2 Å². The summed E-state index contributed by atoms with van der Waals surface area (Å²) >= 11 is 0. The van der Waals surface area contributed by atoms with E-state index in [9.17, 15) is 4.79 Å². The van der Waals surface area contributed by atoms with Crippen molar-refractivity contribution < 1.29 is 14.3 Å². The first-order valence-electron chi connectivity index (χ1n) is 8.51. The Kier molecular flexibility index (Phi) is 5.56. The minimum atomic E-state index is -0.0111. The topological polar surface area (TPSA) is 50.8 Å². The SMILES string of the molecule is COc1cccc(NC(=O)CN2CCCC2c2cccc(OC)c2)c1. The van der Waals surface area contributed by atoms with Gasteiger partial charge in [-0.1, -0.05) is 18.2 Å². The van der Waals surface area contributed by atoms with Crippen LogP contribution in [0.4, 0.5) is 5.69 Å². The zero-order valence-corrected chi connectivity index (χ0v) is 14.7. The summed E-state index contributed by atoms with van der Waals surface area (Å²) in [5, 5.41) is 2.95. The molecule has 1 aliphatic heterocycles. The van der Waals surface area contributed by atoms with Crippen LogP contribution in [0.1, 0.15) is 24.4 Å². The second-order valence-electron chi connectivity index (χ2n) is 6.19. The van der Waals surface area contributed by atoms with E-state index >= 15 is 0 Å². The molecule has 0 spiro atoms. The summed E-state index contributed by atoms with van der Waals surface area (Å²) in [6.07, 6.45) is 2.15. The highest BCUT2D eigenvalue weighted by atomic mass is 16.5. The Morgan fingerprint density at radius 3 is 2.60 bits per heavy atom. The number of nitrogens with zero attached hydrogens (tertiary/aromatic N) is 1. The third-order valence-electron chi connectivity index (χ3n) is 4.54. The van der Waals surface area contributed by atoms with Crippen LogP contribution in [-0.2, 0) is 4.79 Å². The van der Waals surface area contributed by atoms with E-state index in [-0.39, 0.29) is 11.9 Å². The maximum atomic E-state index is 12.4. The highest BCUT2D eigenvalue weighted by molar-refractivity contribution is 5.92. The van der Waals surface area contributed by atoms with Gasteiger partial charge in [0.2, 0.25) is 5.91 Å². The molecule has 1 fully saturated rings. The maximum absolute atomic E-state index is 12.4. The van der Waals surface area contributed by atoms with Crippen molar-refractivity contribution in [1.82, 2.24) is 4.90 Å². The highest BCUT2D eigenvalue weighted by Crippen LogP contribution is 2.33. The summed E-state index contributed by atoms with van der Waals surface area (Å²) in [5.74, 6) is 1.57. The monoisotopic (exact) mass is 340 g/mol. The van der Waals surface area contributed by atoms with Gasteiger partial charge in [-0.2, -0.15) is 0 Å². The van der Waals surface area contributed by atoms with Crippen LogP contribution in [0.15, 0.2) is 48.5 Å². The number of hydrogen-bond donors (Lipinski definition) is 1. The van der Waals surface area contributed by atoms with Gasteiger partial charge in [0.15, 0.2) is 0 Å². The Bertz CT molecular complexity index is 732. The lowest BCUT2D eigenvalue weighted by Crippen LogP contribution is -2.32. The van der Waals surface area contributed by atoms with E-state index in [2.05, 4.69) is 22.3 Å². The molecule has 0 aliphatic carbocycles. The molecule has 1 amide bonds. The predicted molar refractivity (Wildman–Crippen MR) is 98.2 cm³/mol. The summed E-state index contributed by atoms with van der Waals surface area (Å²) in [4.78, 5) is 14.7. The third kappa shape index (κ3) is 4.31. The minimum absolute atomic E-state index is 0.0111. The molecule has 1 saturated heterocycles. The van der Waals surface area contributed by atoms with Crippen molar-refractivity contribution in [3.05, 3.63) is 54.1 Å². The number of anilines is 1. The van der Waals surface area contributed by atoms with Gasteiger partial charge in [0.05, 0.1) is 20.8 Å². The number of benzene rings is 2. The lowest BCUT2D eigenvalue weighted by Gasteiger charge is -2.24. The number of methoxy groups -OCH3 is 2. The summed E-state index contributed by atoms with van der Waals surface area (Å²) in [7, 11) is 3.29. The van der Waals surface area contributed by atoms with E-state index in [1.165, 1.54) is 5.56 Å². The predicted octanol–water partition coefficient (Wildman–Crippen LogP) is 3.48. The normalized spacial score (nSPS) is 17.3. The standard InChI is InChI=1S/C20H24N2O3/c1-24-17-8-3-6-15(12-17)19-10-5-11-22(19)14-20(23)21-16-7-4-9-18(13-16)25-2/h3-4,6-9,12-13,19H,5,10-11,14H2,1-2H3,(H,21,23). The second kappa shape index (κ2) is 8.03. The van der Waals surface area contributed by atoms with Crippen molar-refractivity contribution in [2.75, 3.05) is 32.6 Å². The minimum Gasteiger partial charge on any atom is -0.497 e. The van der Waals surface area contributed by atoms with Gasteiger partial charge in [-0.25, -0.2) is 0 Å². The molecular formula is C20H24N2O3. The third-order valence-corrected chi connectivity index (χ3v) is 4.54. The van der Waals surface area contributed by atoms with Crippen LogP contribution in [-0.4, -0.2) is 38.1 Å².